The van der Waals surface area contributed by atoms with E-state index in [1.165, 1.54) is 34.1 Å². The molecule has 2 atom stereocenters. The van der Waals surface area contributed by atoms with Crippen LogP contribution in [-0.4, -0.2) is 63.0 Å². The molecule has 0 radical (unpaired) electrons. The van der Waals surface area contributed by atoms with E-state index in [0.29, 0.717) is 0 Å². The summed E-state index contributed by atoms with van der Waals surface area (Å²) in [4.78, 5) is 37.9. The van der Waals surface area contributed by atoms with E-state index in [1.807, 2.05) is 0 Å². The quantitative estimate of drug-likeness (QED) is 0.549. The summed E-state index contributed by atoms with van der Waals surface area (Å²) in [7, 11) is 0. The number of nitrogens with two attached hydrogens (primary N) is 2. The number of benzene rings is 2. The molecule has 10 nitrogen and oxygen atoms in total. The Morgan fingerprint density at radius 1 is 0.912 bits per heavy atom. The standard InChI is InChI=1S/C22H23F2N5O5/c23-18-5-12(28-10-14(7-25)33-21(28)31)1-3-16(18)17-4-2-13(6-19(17)24)29-11-15(34-22(29)32)9-27-20(30)8-26/h1-6,14-15H,7-11,25-26H2,(H,27,30)/t14-,15-/m0/s1. The second-order valence-corrected chi connectivity index (χ2v) is 7.80. The average molecular weight is 475 g/mol. The van der Waals surface area contributed by atoms with Gasteiger partial charge >= 0.3 is 12.2 Å². The van der Waals surface area contributed by atoms with Crippen molar-refractivity contribution >= 4 is 29.5 Å². The zero-order valence-corrected chi connectivity index (χ0v) is 18.0. The molecule has 2 fully saturated rings. The van der Waals surface area contributed by atoms with Gasteiger partial charge in [0.25, 0.3) is 0 Å². The first-order valence-corrected chi connectivity index (χ1v) is 10.5. The lowest BCUT2D eigenvalue weighted by molar-refractivity contribution is -0.120. The van der Waals surface area contributed by atoms with Crippen molar-refractivity contribution in [3.05, 3.63) is 48.0 Å². The Bertz CT molecular complexity index is 1130. The van der Waals surface area contributed by atoms with Crippen molar-refractivity contribution in [3.8, 4) is 11.1 Å². The number of anilines is 2. The van der Waals surface area contributed by atoms with E-state index in [0.717, 1.165) is 12.1 Å². The summed E-state index contributed by atoms with van der Waals surface area (Å²) >= 11 is 0. The molecule has 2 heterocycles. The number of cyclic esters (lactones) is 2. The number of halogens is 2. The molecule has 12 heteroatoms. The van der Waals surface area contributed by atoms with Gasteiger partial charge in [0.05, 0.1) is 37.6 Å². The van der Waals surface area contributed by atoms with Crippen LogP contribution in [0.3, 0.4) is 0 Å². The van der Waals surface area contributed by atoms with Crippen LogP contribution in [-0.2, 0) is 14.3 Å². The molecule has 2 aromatic rings. The van der Waals surface area contributed by atoms with Crippen molar-refractivity contribution in [1.82, 2.24) is 5.32 Å². The number of ether oxygens (including phenoxy) is 2. The van der Waals surface area contributed by atoms with Crippen LogP contribution in [0.1, 0.15) is 0 Å². The summed E-state index contributed by atoms with van der Waals surface area (Å²) in [5.74, 6) is -1.87. The number of amides is 3. The maximum atomic E-state index is 14.9. The third-order valence-corrected chi connectivity index (χ3v) is 5.54. The van der Waals surface area contributed by atoms with Crippen LogP contribution >= 0.6 is 0 Å². The van der Waals surface area contributed by atoms with Gasteiger partial charge in [0, 0.05) is 17.7 Å². The highest BCUT2D eigenvalue weighted by molar-refractivity contribution is 5.91. The monoisotopic (exact) mass is 475 g/mol. The van der Waals surface area contributed by atoms with Crippen LogP contribution in [0.2, 0.25) is 0 Å². The van der Waals surface area contributed by atoms with Gasteiger partial charge < -0.3 is 26.3 Å². The van der Waals surface area contributed by atoms with E-state index in [-0.39, 0.29) is 55.2 Å². The first-order valence-electron chi connectivity index (χ1n) is 10.5. The van der Waals surface area contributed by atoms with E-state index >= 15 is 0 Å². The molecule has 0 unspecified atom stereocenters. The van der Waals surface area contributed by atoms with Crippen LogP contribution in [0.5, 0.6) is 0 Å². The maximum Gasteiger partial charge on any atom is 0.414 e. The third-order valence-electron chi connectivity index (χ3n) is 5.54. The molecule has 0 spiro atoms. The van der Waals surface area contributed by atoms with Gasteiger partial charge in [-0.05, 0) is 36.4 Å². The van der Waals surface area contributed by atoms with E-state index in [4.69, 9.17) is 20.9 Å². The van der Waals surface area contributed by atoms with Crippen molar-refractivity contribution in [2.24, 2.45) is 11.5 Å². The lowest BCUT2D eigenvalue weighted by atomic mass is 10.0. The van der Waals surface area contributed by atoms with Crippen molar-refractivity contribution in [1.29, 1.82) is 0 Å². The minimum absolute atomic E-state index is 0.0119. The van der Waals surface area contributed by atoms with Crippen LogP contribution < -0.4 is 26.6 Å². The zero-order valence-electron chi connectivity index (χ0n) is 18.0. The fraction of sp³-hybridized carbons (Fsp3) is 0.318. The SMILES string of the molecule is NCC(=O)NC[C@H]1CN(c2ccc(-c3ccc(N4C[C@H](CN)OC4=O)cc3F)c(F)c2)C(=O)O1. The molecule has 2 aliphatic rings. The Hall–Kier alpha value is -3.77. The molecular formula is C22H23F2N5O5. The predicted molar refractivity (Wildman–Crippen MR) is 118 cm³/mol. The largest absolute Gasteiger partial charge is 0.443 e. The van der Waals surface area contributed by atoms with Gasteiger partial charge in [-0.1, -0.05) is 0 Å². The molecule has 180 valence electrons. The fourth-order valence-corrected chi connectivity index (χ4v) is 3.77. The fourth-order valence-electron chi connectivity index (χ4n) is 3.77. The van der Waals surface area contributed by atoms with Crippen molar-refractivity contribution in [2.45, 2.75) is 12.2 Å². The molecule has 5 N–H and O–H groups in total. The van der Waals surface area contributed by atoms with Gasteiger partial charge in [-0.25, -0.2) is 18.4 Å². The molecule has 2 saturated heterocycles. The average Bonchev–Trinajstić information content (AvgIpc) is 3.39. The Morgan fingerprint density at radius 2 is 1.41 bits per heavy atom. The van der Waals surface area contributed by atoms with E-state index in [9.17, 15) is 23.2 Å². The van der Waals surface area contributed by atoms with Gasteiger partial charge in [-0.15, -0.1) is 0 Å². The van der Waals surface area contributed by atoms with Crippen molar-refractivity contribution in [3.63, 3.8) is 0 Å². The minimum atomic E-state index is -0.749. The summed E-state index contributed by atoms with van der Waals surface area (Å²) in [5.41, 5.74) is 11.2. The number of hydrogen-bond acceptors (Lipinski definition) is 7. The molecule has 0 aliphatic carbocycles. The van der Waals surface area contributed by atoms with E-state index < -0.39 is 41.9 Å². The van der Waals surface area contributed by atoms with Crippen LogP contribution in [0.25, 0.3) is 11.1 Å². The van der Waals surface area contributed by atoms with Crippen LogP contribution in [0.4, 0.5) is 29.7 Å². The highest BCUT2D eigenvalue weighted by Gasteiger charge is 2.34. The van der Waals surface area contributed by atoms with E-state index in [2.05, 4.69) is 5.32 Å². The second kappa shape index (κ2) is 9.61. The number of hydrogen-bond donors (Lipinski definition) is 3. The van der Waals surface area contributed by atoms with Gasteiger partial charge in [0.2, 0.25) is 5.91 Å². The third kappa shape index (κ3) is 4.63. The predicted octanol–water partition coefficient (Wildman–Crippen LogP) is 1.32. The van der Waals surface area contributed by atoms with Crippen molar-refractivity contribution in [2.75, 3.05) is 42.5 Å². The molecular weight excluding hydrogens is 452 g/mol. The van der Waals surface area contributed by atoms with Gasteiger partial charge in [-0.2, -0.15) is 0 Å². The number of carbonyl (C=O) groups is 3. The lowest BCUT2D eigenvalue weighted by Crippen LogP contribution is -2.37. The summed E-state index contributed by atoms with van der Waals surface area (Å²) in [6, 6.07) is 7.91. The molecule has 3 amide bonds. The number of rotatable bonds is 7. The summed E-state index contributed by atoms with van der Waals surface area (Å²) in [5, 5.41) is 2.53. The lowest BCUT2D eigenvalue weighted by Gasteiger charge is -2.16. The van der Waals surface area contributed by atoms with Gasteiger partial charge in [0.1, 0.15) is 23.8 Å². The van der Waals surface area contributed by atoms with E-state index in [1.54, 1.807) is 0 Å². The van der Waals surface area contributed by atoms with Crippen molar-refractivity contribution < 1.29 is 32.6 Å². The molecule has 0 aromatic heterocycles. The Balaban J connectivity index is 1.50. The summed E-state index contributed by atoms with van der Waals surface area (Å²) < 4.78 is 40.1. The molecule has 0 saturated carbocycles. The molecule has 34 heavy (non-hydrogen) atoms. The number of carbonyl (C=O) groups excluding carboxylic acids is 3. The Kier molecular flexibility index (Phi) is 6.61. The minimum Gasteiger partial charge on any atom is -0.443 e. The Labute approximate surface area is 193 Å². The normalized spacial score (nSPS) is 19.9. The summed E-state index contributed by atoms with van der Waals surface area (Å²) in [6.07, 6.45) is -2.42. The highest BCUT2D eigenvalue weighted by Crippen LogP contribution is 2.33. The van der Waals surface area contributed by atoms with Gasteiger partial charge in [-0.3, -0.25) is 14.6 Å². The van der Waals surface area contributed by atoms with Crippen LogP contribution in [0, 0.1) is 11.6 Å². The first kappa shape index (κ1) is 23.4. The summed E-state index contributed by atoms with van der Waals surface area (Å²) in [6.45, 7) is 0.327. The number of nitrogens with zero attached hydrogens (tertiary/aromatic N) is 2. The molecule has 2 aromatic carbocycles. The number of nitrogens with one attached hydrogen (secondary N) is 1. The first-order chi connectivity index (χ1) is 16.3. The van der Waals surface area contributed by atoms with Gasteiger partial charge in [0.15, 0.2) is 0 Å². The zero-order chi connectivity index (χ0) is 24.4. The smallest absolute Gasteiger partial charge is 0.414 e. The maximum absolute atomic E-state index is 14.9. The topological polar surface area (TPSA) is 140 Å². The van der Waals surface area contributed by atoms with Crippen LogP contribution in [0.15, 0.2) is 36.4 Å². The Morgan fingerprint density at radius 3 is 1.85 bits per heavy atom. The molecule has 0 bridgehead atoms. The highest BCUT2D eigenvalue weighted by atomic mass is 19.1. The molecule has 2 aliphatic heterocycles. The molecule has 4 rings (SSSR count). The second-order valence-electron chi connectivity index (χ2n) is 7.80.